The van der Waals surface area contributed by atoms with Crippen LogP contribution in [0, 0.1) is 0 Å². The molecule has 0 radical (unpaired) electrons. The number of nitrogens with zero attached hydrogens (tertiary/aromatic N) is 2. The van der Waals surface area contributed by atoms with Gasteiger partial charge in [-0.1, -0.05) is 30.3 Å². The SMILES string of the molecule is CNC(=O)CN1CCN(C(=O)C[C@@H](Cc2ccccc2)c2ccco2)CC1. The summed E-state index contributed by atoms with van der Waals surface area (Å²) in [6, 6.07) is 14.0. The van der Waals surface area contributed by atoms with E-state index in [1.54, 1.807) is 13.3 Å². The summed E-state index contributed by atoms with van der Waals surface area (Å²) in [4.78, 5) is 28.4. The van der Waals surface area contributed by atoms with Gasteiger partial charge >= 0.3 is 0 Å². The number of rotatable bonds is 7. The molecule has 1 aliphatic heterocycles. The molecule has 1 saturated heterocycles. The zero-order valence-electron chi connectivity index (χ0n) is 15.8. The number of hydrogen-bond acceptors (Lipinski definition) is 4. The Balaban J connectivity index is 1.58. The Morgan fingerprint density at radius 1 is 1.07 bits per heavy atom. The number of furan rings is 1. The van der Waals surface area contributed by atoms with Gasteiger partial charge in [0, 0.05) is 45.6 Å². The minimum absolute atomic E-state index is 0.00974. The Morgan fingerprint density at radius 3 is 2.44 bits per heavy atom. The number of carbonyl (C=O) groups is 2. The van der Waals surface area contributed by atoms with Crippen LogP contribution in [-0.2, 0) is 16.0 Å². The topological polar surface area (TPSA) is 65.8 Å². The third-order valence-electron chi connectivity index (χ3n) is 5.06. The number of benzene rings is 1. The molecule has 2 amide bonds. The minimum Gasteiger partial charge on any atom is -0.469 e. The molecule has 1 aromatic carbocycles. The van der Waals surface area contributed by atoms with E-state index in [-0.39, 0.29) is 17.7 Å². The standard InChI is InChI=1S/C21H27N3O3/c1-22-20(25)16-23-9-11-24(12-10-23)21(26)15-18(19-8-5-13-27-19)14-17-6-3-2-4-7-17/h2-8,13,18H,9-12,14-16H2,1H3,(H,22,25)/t18-/m1/s1. The highest BCUT2D eigenvalue weighted by Gasteiger charge is 2.26. The van der Waals surface area contributed by atoms with Crippen molar-refractivity contribution in [1.29, 1.82) is 0 Å². The van der Waals surface area contributed by atoms with Crippen molar-refractivity contribution in [2.75, 3.05) is 39.8 Å². The molecule has 2 heterocycles. The molecule has 1 atom stereocenters. The second kappa shape index (κ2) is 9.37. The van der Waals surface area contributed by atoms with Crippen molar-refractivity contribution in [2.45, 2.75) is 18.8 Å². The summed E-state index contributed by atoms with van der Waals surface area (Å²) in [5.41, 5.74) is 1.20. The summed E-state index contributed by atoms with van der Waals surface area (Å²) in [5, 5.41) is 2.64. The Kier molecular flexibility index (Phi) is 6.65. The summed E-state index contributed by atoms with van der Waals surface area (Å²) in [7, 11) is 1.64. The predicted octanol–water partition coefficient (Wildman–Crippen LogP) is 1.89. The first-order valence-electron chi connectivity index (χ1n) is 9.43. The Bertz CT molecular complexity index is 722. The molecule has 1 N–H and O–H groups in total. The van der Waals surface area contributed by atoms with Crippen molar-refractivity contribution in [3.8, 4) is 0 Å². The number of piperazine rings is 1. The molecule has 0 spiro atoms. The van der Waals surface area contributed by atoms with Crippen LogP contribution in [0.3, 0.4) is 0 Å². The lowest BCUT2D eigenvalue weighted by Crippen LogP contribution is -2.51. The second-order valence-electron chi connectivity index (χ2n) is 6.94. The second-order valence-corrected chi connectivity index (χ2v) is 6.94. The van der Waals surface area contributed by atoms with E-state index in [1.165, 1.54) is 5.56 Å². The third-order valence-corrected chi connectivity index (χ3v) is 5.06. The van der Waals surface area contributed by atoms with Gasteiger partial charge in [-0.25, -0.2) is 0 Å². The van der Waals surface area contributed by atoms with Gasteiger partial charge in [0.25, 0.3) is 0 Å². The van der Waals surface area contributed by atoms with Crippen LogP contribution in [-0.4, -0.2) is 61.4 Å². The molecule has 0 aliphatic carbocycles. The van der Waals surface area contributed by atoms with Crippen LogP contribution in [0.5, 0.6) is 0 Å². The van der Waals surface area contributed by atoms with Gasteiger partial charge in [-0.05, 0) is 24.1 Å². The highest BCUT2D eigenvalue weighted by Crippen LogP contribution is 2.26. The Labute approximate surface area is 160 Å². The maximum absolute atomic E-state index is 12.9. The highest BCUT2D eigenvalue weighted by molar-refractivity contribution is 5.78. The number of hydrogen-bond donors (Lipinski definition) is 1. The summed E-state index contributed by atoms with van der Waals surface area (Å²) in [6.45, 7) is 3.16. The lowest BCUT2D eigenvalue weighted by atomic mass is 9.93. The van der Waals surface area contributed by atoms with Gasteiger partial charge in [0.15, 0.2) is 0 Å². The molecule has 1 fully saturated rings. The molecule has 3 rings (SSSR count). The Morgan fingerprint density at radius 2 is 1.81 bits per heavy atom. The first kappa shape index (κ1) is 19.2. The lowest BCUT2D eigenvalue weighted by Gasteiger charge is -2.34. The van der Waals surface area contributed by atoms with Crippen LogP contribution in [0.15, 0.2) is 53.1 Å². The molecule has 0 bridgehead atoms. The van der Waals surface area contributed by atoms with Crippen molar-refractivity contribution in [1.82, 2.24) is 15.1 Å². The van der Waals surface area contributed by atoms with Crippen molar-refractivity contribution < 1.29 is 14.0 Å². The predicted molar refractivity (Wildman–Crippen MR) is 103 cm³/mol. The minimum atomic E-state index is 0.00974. The van der Waals surface area contributed by atoms with Crippen LogP contribution in [0.1, 0.15) is 23.7 Å². The lowest BCUT2D eigenvalue weighted by molar-refractivity contribution is -0.133. The normalized spacial score (nSPS) is 16.1. The number of carbonyl (C=O) groups excluding carboxylic acids is 2. The van der Waals surface area contributed by atoms with Gasteiger partial charge in [-0.3, -0.25) is 14.5 Å². The molecule has 6 nitrogen and oxygen atoms in total. The van der Waals surface area contributed by atoms with Gasteiger partial charge in [0.05, 0.1) is 12.8 Å². The van der Waals surface area contributed by atoms with E-state index in [9.17, 15) is 9.59 Å². The van der Waals surface area contributed by atoms with Crippen LogP contribution >= 0.6 is 0 Å². The molecule has 2 aromatic rings. The van der Waals surface area contributed by atoms with E-state index in [1.807, 2.05) is 35.2 Å². The maximum atomic E-state index is 12.9. The van der Waals surface area contributed by atoms with Gasteiger partial charge < -0.3 is 14.6 Å². The van der Waals surface area contributed by atoms with Crippen LogP contribution in [0.25, 0.3) is 0 Å². The largest absolute Gasteiger partial charge is 0.469 e. The smallest absolute Gasteiger partial charge is 0.233 e. The molecule has 1 aromatic heterocycles. The van der Waals surface area contributed by atoms with Crippen LogP contribution < -0.4 is 5.32 Å². The fourth-order valence-electron chi connectivity index (χ4n) is 3.47. The summed E-state index contributed by atoms with van der Waals surface area (Å²) in [6.07, 6.45) is 2.87. The van der Waals surface area contributed by atoms with Crippen LogP contribution in [0.2, 0.25) is 0 Å². The highest BCUT2D eigenvalue weighted by atomic mass is 16.3. The van der Waals surface area contributed by atoms with E-state index < -0.39 is 0 Å². The molecule has 6 heteroatoms. The van der Waals surface area contributed by atoms with E-state index in [0.29, 0.717) is 26.1 Å². The quantitative estimate of drug-likeness (QED) is 0.809. The Hall–Kier alpha value is -2.60. The number of likely N-dealkylation sites (N-methyl/N-ethyl adjacent to an activating group) is 1. The first-order chi connectivity index (χ1) is 13.2. The summed E-state index contributed by atoms with van der Waals surface area (Å²) >= 11 is 0. The van der Waals surface area contributed by atoms with Crippen LogP contribution in [0.4, 0.5) is 0 Å². The molecular weight excluding hydrogens is 342 g/mol. The molecule has 0 unspecified atom stereocenters. The zero-order valence-corrected chi connectivity index (χ0v) is 15.8. The van der Waals surface area contributed by atoms with Gasteiger partial charge in [-0.15, -0.1) is 0 Å². The van der Waals surface area contributed by atoms with E-state index in [2.05, 4.69) is 22.3 Å². The van der Waals surface area contributed by atoms with Crippen molar-refractivity contribution in [3.63, 3.8) is 0 Å². The summed E-state index contributed by atoms with van der Waals surface area (Å²) < 4.78 is 5.61. The molecule has 27 heavy (non-hydrogen) atoms. The first-order valence-corrected chi connectivity index (χ1v) is 9.43. The molecular formula is C21H27N3O3. The molecule has 144 valence electrons. The fraction of sp³-hybridized carbons (Fsp3) is 0.429. The number of nitrogens with one attached hydrogen (secondary N) is 1. The van der Waals surface area contributed by atoms with Crippen molar-refractivity contribution in [3.05, 3.63) is 60.1 Å². The molecule has 0 saturated carbocycles. The van der Waals surface area contributed by atoms with Crippen molar-refractivity contribution in [2.24, 2.45) is 0 Å². The van der Waals surface area contributed by atoms with E-state index in [0.717, 1.165) is 25.3 Å². The van der Waals surface area contributed by atoms with Gasteiger partial charge in [-0.2, -0.15) is 0 Å². The zero-order chi connectivity index (χ0) is 19.1. The van der Waals surface area contributed by atoms with Crippen molar-refractivity contribution >= 4 is 11.8 Å². The third kappa shape index (κ3) is 5.44. The number of amides is 2. The van der Waals surface area contributed by atoms with E-state index in [4.69, 9.17) is 4.42 Å². The average Bonchev–Trinajstić information content (AvgIpc) is 3.23. The monoisotopic (exact) mass is 369 g/mol. The maximum Gasteiger partial charge on any atom is 0.233 e. The average molecular weight is 369 g/mol. The molecule has 1 aliphatic rings. The van der Waals surface area contributed by atoms with Gasteiger partial charge in [0.1, 0.15) is 5.76 Å². The fourth-order valence-corrected chi connectivity index (χ4v) is 3.47. The summed E-state index contributed by atoms with van der Waals surface area (Å²) in [5.74, 6) is 1.03. The van der Waals surface area contributed by atoms with Gasteiger partial charge in [0.2, 0.25) is 11.8 Å². The van der Waals surface area contributed by atoms with E-state index >= 15 is 0 Å².